The van der Waals surface area contributed by atoms with Crippen molar-refractivity contribution in [3.05, 3.63) is 16.0 Å². The molecular weight excluding hydrogens is 317 g/mol. The Morgan fingerprint density at radius 2 is 2.25 bits per heavy atom. The summed E-state index contributed by atoms with van der Waals surface area (Å²) >= 11 is 2.22. The van der Waals surface area contributed by atoms with Crippen LogP contribution in [0.25, 0.3) is 0 Å². The van der Waals surface area contributed by atoms with E-state index in [1.54, 1.807) is 0 Å². The predicted octanol–water partition coefficient (Wildman–Crippen LogP) is 2.09. The Hall–Kier alpha value is -0.430. The molecule has 1 aromatic rings. The predicted molar refractivity (Wildman–Crippen MR) is 71.6 cm³/mol. The van der Waals surface area contributed by atoms with Gasteiger partial charge in [-0.05, 0) is 42.4 Å². The van der Waals surface area contributed by atoms with Gasteiger partial charge in [0, 0.05) is 35.7 Å². The van der Waals surface area contributed by atoms with E-state index in [2.05, 4.69) is 37.5 Å². The van der Waals surface area contributed by atoms with Crippen molar-refractivity contribution in [1.29, 1.82) is 0 Å². The molecule has 5 heteroatoms. The SMILES string of the molecule is CCO[C@@H]1CCCN(c2ncc(I)cn2)C1. The molecule has 0 bridgehead atoms. The first-order valence-corrected chi connectivity index (χ1v) is 6.71. The third-order valence-corrected chi connectivity index (χ3v) is 3.23. The second kappa shape index (κ2) is 5.77. The van der Waals surface area contributed by atoms with Crippen molar-refractivity contribution < 1.29 is 4.74 Å². The Labute approximate surface area is 110 Å². The Kier molecular flexibility index (Phi) is 4.34. The molecule has 0 aliphatic carbocycles. The zero-order valence-corrected chi connectivity index (χ0v) is 11.6. The number of hydrogen-bond acceptors (Lipinski definition) is 4. The molecule has 1 fully saturated rings. The van der Waals surface area contributed by atoms with Gasteiger partial charge in [0.15, 0.2) is 0 Å². The lowest BCUT2D eigenvalue weighted by molar-refractivity contribution is 0.0523. The molecule has 0 radical (unpaired) electrons. The van der Waals surface area contributed by atoms with Crippen LogP contribution in [0.4, 0.5) is 5.95 Å². The van der Waals surface area contributed by atoms with Crippen molar-refractivity contribution in [2.45, 2.75) is 25.9 Å². The highest BCUT2D eigenvalue weighted by molar-refractivity contribution is 14.1. The quantitative estimate of drug-likeness (QED) is 0.794. The van der Waals surface area contributed by atoms with Gasteiger partial charge in [0.1, 0.15) is 0 Å². The fraction of sp³-hybridized carbons (Fsp3) is 0.636. The van der Waals surface area contributed by atoms with E-state index in [0.29, 0.717) is 6.10 Å². The van der Waals surface area contributed by atoms with Crippen molar-refractivity contribution in [3.8, 4) is 0 Å². The molecule has 0 amide bonds. The molecule has 1 saturated heterocycles. The van der Waals surface area contributed by atoms with E-state index in [9.17, 15) is 0 Å². The highest BCUT2D eigenvalue weighted by Crippen LogP contribution is 2.17. The van der Waals surface area contributed by atoms with E-state index in [1.807, 2.05) is 19.3 Å². The minimum Gasteiger partial charge on any atom is -0.377 e. The molecular formula is C11H16IN3O. The molecule has 0 unspecified atom stereocenters. The van der Waals surface area contributed by atoms with Gasteiger partial charge >= 0.3 is 0 Å². The number of hydrogen-bond donors (Lipinski definition) is 0. The Morgan fingerprint density at radius 3 is 2.94 bits per heavy atom. The minimum atomic E-state index is 0.335. The zero-order valence-electron chi connectivity index (χ0n) is 9.40. The molecule has 0 aromatic carbocycles. The van der Waals surface area contributed by atoms with Gasteiger partial charge in [-0.2, -0.15) is 0 Å². The number of halogens is 1. The molecule has 16 heavy (non-hydrogen) atoms. The normalized spacial score (nSPS) is 21.1. The maximum absolute atomic E-state index is 5.66. The molecule has 1 atom stereocenters. The van der Waals surface area contributed by atoms with Crippen molar-refractivity contribution in [1.82, 2.24) is 9.97 Å². The van der Waals surface area contributed by atoms with Gasteiger partial charge in [-0.15, -0.1) is 0 Å². The molecule has 1 aliphatic heterocycles. The summed E-state index contributed by atoms with van der Waals surface area (Å²) in [6.07, 6.45) is 6.34. The van der Waals surface area contributed by atoms with Crippen LogP contribution in [0.3, 0.4) is 0 Å². The first-order chi connectivity index (χ1) is 7.79. The van der Waals surface area contributed by atoms with Crippen molar-refractivity contribution >= 4 is 28.5 Å². The fourth-order valence-electron chi connectivity index (χ4n) is 1.96. The average molecular weight is 333 g/mol. The third-order valence-electron chi connectivity index (χ3n) is 2.67. The van der Waals surface area contributed by atoms with E-state index in [1.165, 1.54) is 0 Å². The highest BCUT2D eigenvalue weighted by Gasteiger charge is 2.21. The first kappa shape index (κ1) is 12.0. The summed E-state index contributed by atoms with van der Waals surface area (Å²) in [5.74, 6) is 0.824. The summed E-state index contributed by atoms with van der Waals surface area (Å²) in [6, 6.07) is 0. The van der Waals surface area contributed by atoms with Gasteiger partial charge < -0.3 is 9.64 Å². The summed E-state index contributed by atoms with van der Waals surface area (Å²) < 4.78 is 6.73. The van der Waals surface area contributed by atoms with Crippen LogP contribution in [0, 0.1) is 3.57 Å². The van der Waals surface area contributed by atoms with Gasteiger partial charge in [0.25, 0.3) is 0 Å². The summed E-state index contributed by atoms with van der Waals surface area (Å²) in [6.45, 7) is 4.77. The van der Waals surface area contributed by atoms with Crippen LogP contribution in [0.15, 0.2) is 12.4 Å². The molecule has 2 rings (SSSR count). The van der Waals surface area contributed by atoms with Crippen LogP contribution < -0.4 is 4.90 Å². The molecule has 1 aromatic heterocycles. The van der Waals surface area contributed by atoms with Crippen LogP contribution in [-0.4, -0.2) is 35.8 Å². The molecule has 0 N–H and O–H groups in total. The van der Waals surface area contributed by atoms with Gasteiger partial charge in [0.05, 0.1) is 6.10 Å². The number of ether oxygens (including phenoxy) is 1. The maximum atomic E-state index is 5.66. The molecule has 0 saturated carbocycles. The van der Waals surface area contributed by atoms with Gasteiger partial charge in [-0.25, -0.2) is 9.97 Å². The van der Waals surface area contributed by atoms with Crippen LogP contribution in [0.2, 0.25) is 0 Å². The van der Waals surface area contributed by atoms with Gasteiger partial charge in [0.2, 0.25) is 5.95 Å². The molecule has 4 nitrogen and oxygen atoms in total. The van der Waals surface area contributed by atoms with Crippen LogP contribution in [0.1, 0.15) is 19.8 Å². The van der Waals surface area contributed by atoms with Crippen molar-refractivity contribution in [2.75, 3.05) is 24.6 Å². The topological polar surface area (TPSA) is 38.2 Å². The van der Waals surface area contributed by atoms with E-state index < -0.39 is 0 Å². The number of anilines is 1. The van der Waals surface area contributed by atoms with Crippen LogP contribution >= 0.6 is 22.6 Å². The molecule has 1 aliphatic rings. The lowest BCUT2D eigenvalue weighted by Gasteiger charge is -2.32. The highest BCUT2D eigenvalue weighted by atomic mass is 127. The van der Waals surface area contributed by atoms with E-state index in [4.69, 9.17) is 4.74 Å². The monoisotopic (exact) mass is 333 g/mol. The van der Waals surface area contributed by atoms with E-state index in [-0.39, 0.29) is 0 Å². The summed E-state index contributed by atoms with van der Waals surface area (Å²) in [4.78, 5) is 10.9. The number of piperidine rings is 1. The second-order valence-electron chi connectivity index (χ2n) is 3.87. The second-order valence-corrected chi connectivity index (χ2v) is 5.11. The summed E-state index contributed by atoms with van der Waals surface area (Å²) in [7, 11) is 0. The third kappa shape index (κ3) is 3.04. The summed E-state index contributed by atoms with van der Waals surface area (Å²) in [5, 5.41) is 0. The Morgan fingerprint density at radius 1 is 1.50 bits per heavy atom. The van der Waals surface area contributed by atoms with Crippen molar-refractivity contribution in [3.63, 3.8) is 0 Å². The molecule has 88 valence electrons. The average Bonchev–Trinajstić information content (AvgIpc) is 2.31. The number of aromatic nitrogens is 2. The fourth-order valence-corrected chi connectivity index (χ4v) is 2.24. The van der Waals surface area contributed by atoms with E-state index in [0.717, 1.165) is 42.1 Å². The van der Waals surface area contributed by atoms with Crippen LogP contribution in [-0.2, 0) is 4.74 Å². The Bertz CT molecular complexity index is 329. The standard InChI is InChI=1S/C11H16IN3O/c1-2-16-10-4-3-5-15(8-10)11-13-6-9(12)7-14-11/h6-7,10H,2-5,8H2,1H3/t10-/m1/s1. The van der Waals surface area contributed by atoms with Gasteiger partial charge in [-0.1, -0.05) is 0 Å². The number of nitrogens with zero attached hydrogens (tertiary/aromatic N) is 3. The zero-order chi connectivity index (χ0) is 11.4. The largest absolute Gasteiger partial charge is 0.377 e. The molecule has 0 spiro atoms. The number of rotatable bonds is 3. The van der Waals surface area contributed by atoms with Crippen LogP contribution in [0.5, 0.6) is 0 Å². The van der Waals surface area contributed by atoms with Crippen molar-refractivity contribution in [2.24, 2.45) is 0 Å². The Balaban J connectivity index is 2.01. The molecule has 2 heterocycles. The lowest BCUT2D eigenvalue weighted by Crippen LogP contribution is -2.40. The van der Waals surface area contributed by atoms with Gasteiger partial charge in [-0.3, -0.25) is 0 Å². The summed E-state index contributed by atoms with van der Waals surface area (Å²) in [5.41, 5.74) is 0. The lowest BCUT2D eigenvalue weighted by atomic mass is 10.1. The first-order valence-electron chi connectivity index (χ1n) is 5.63. The minimum absolute atomic E-state index is 0.335. The smallest absolute Gasteiger partial charge is 0.225 e. The maximum Gasteiger partial charge on any atom is 0.225 e. The van der Waals surface area contributed by atoms with E-state index >= 15 is 0 Å².